The number of halogens is 1. The van der Waals surface area contributed by atoms with Gasteiger partial charge in [-0.15, -0.1) is 0 Å². The molecule has 5 N–H and O–H groups in total. The number of rotatable bonds is 5. The van der Waals surface area contributed by atoms with Gasteiger partial charge < -0.3 is 26.0 Å². The van der Waals surface area contributed by atoms with E-state index in [0.29, 0.717) is 22.0 Å². The van der Waals surface area contributed by atoms with E-state index in [4.69, 9.17) is 22.1 Å². The lowest BCUT2D eigenvalue weighted by atomic mass is 10.0. The Hall–Kier alpha value is -1.01. The first-order chi connectivity index (χ1) is 8.01. The van der Waals surface area contributed by atoms with Crippen LogP contribution in [0.1, 0.15) is 11.7 Å². The van der Waals surface area contributed by atoms with E-state index in [2.05, 4.69) is 5.32 Å². The Kier molecular flexibility index (Phi) is 5.02. The largest absolute Gasteiger partial charge is 0.495 e. The molecule has 0 bridgehead atoms. The van der Waals surface area contributed by atoms with Crippen molar-refractivity contribution in [2.24, 2.45) is 0 Å². The number of hydrogen-bond acceptors (Lipinski definition) is 5. The number of nitrogens with one attached hydrogen (secondary N) is 1. The van der Waals surface area contributed by atoms with Crippen LogP contribution in [0.4, 0.5) is 5.69 Å². The van der Waals surface area contributed by atoms with Gasteiger partial charge in [-0.3, -0.25) is 0 Å². The van der Waals surface area contributed by atoms with Crippen molar-refractivity contribution in [2.75, 3.05) is 26.4 Å². The van der Waals surface area contributed by atoms with E-state index in [1.54, 1.807) is 7.05 Å². The van der Waals surface area contributed by atoms with Crippen LogP contribution in [0.25, 0.3) is 0 Å². The maximum Gasteiger partial charge on any atom is 0.142 e. The van der Waals surface area contributed by atoms with Crippen LogP contribution in [-0.2, 0) is 0 Å². The second kappa shape index (κ2) is 6.07. The van der Waals surface area contributed by atoms with Crippen LogP contribution in [0.3, 0.4) is 0 Å². The Morgan fingerprint density at radius 3 is 2.65 bits per heavy atom. The fraction of sp³-hybridized carbons (Fsp3) is 0.455. The minimum atomic E-state index is -1.09. The van der Waals surface area contributed by atoms with Gasteiger partial charge in [0.2, 0.25) is 0 Å². The summed E-state index contributed by atoms with van der Waals surface area (Å²) in [7, 11) is 3.15. The number of anilines is 1. The number of benzene rings is 1. The molecule has 0 fully saturated rings. The minimum Gasteiger partial charge on any atom is -0.495 e. The predicted octanol–water partition coefficient (Wildman–Crippen LogP) is 0.544. The van der Waals surface area contributed by atoms with E-state index < -0.39 is 12.2 Å². The molecule has 6 heteroatoms. The smallest absolute Gasteiger partial charge is 0.142 e. The molecule has 0 aliphatic carbocycles. The SMILES string of the molecule is CNCC(O)C(O)c1cc(OC)c(N)cc1Cl. The van der Waals surface area contributed by atoms with E-state index in [1.165, 1.54) is 19.2 Å². The van der Waals surface area contributed by atoms with Gasteiger partial charge in [-0.1, -0.05) is 11.6 Å². The molecule has 0 aromatic heterocycles. The van der Waals surface area contributed by atoms with E-state index in [1.807, 2.05) is 0 Å². The summed E-state index contributed by atoms with van der Waals surface area (Å²) in [6.07, 6.45) is -2.05. The number of ether oxygens (including phenoxy) is 1. The molecule has 17 heavy (non-hydrogen) atoms. The van der Waals surface area contributed by atoms with Gasteiger partial charge in [0.1, 0.15) is 11.9 Å². The highest BCUT2D eigenvalue weighted by Crippen LogP contribution is 2.33. The van der Waals surface area contributed by atoms with Gasteiger partial charge in [-0.25, -0.2) is 0 Å². The molecule has 0 heterocycles. The highest BCUT2D eigenvalue weighted by molar-refractivity contribution is 6.31. The molecule has 0 amide bonds. The molecule has 1 aromatic carbocycles. The maximum atomic E-state index is 9.94. The number of methoxy groups -OCH3 is 1. The van der Waals surface area contributed by atoms with Crippen molar-refractivity contribution in [3.63, 3.8) is 0 Å². The van der Waals surface area contributed by atoms with Crippen molar-refractivity contribution in [1.82, 2.24) is 5.32 Å². The summed E-state index contributed by atoms with van der Waals surface area (Å²) < 4.78 is 5.04. The highest BCUT2D eigenvalue weighted by Gasteiger charge is 2.21. The van der Waals surface area contributed by atoms with Crippen molar-refractivity contribution in [1.29, 1.82) is 0 Å². The molecule has 1 rings (SSSR count). The first-order valence-corrected chi connectivity index (χ1v) is 5.52. The summed E-state index contributed by atoms with van der Waals surface area (Å²) in [6.45, 7) is 0.254. The quantitative estimate of drug-likeness (QED) is 0.581. The fourth-order valence-corrected chi connectivity index (χ4v) is 1.80. The van der Waals surface area contributed by atoms with Crippen molar-refractivity contribution < 1.29 is 14.9 Å². The van der Waals surface area contributed by atoms with Gasteiger partial charge in [0.25, 0.3) is 0 Å². The van der Waals surface area contributed by atoms with E-state index >= 15 is 0 Å². The first-order valence-electron chi connectivity index (χ1n) is 5.14. The second-order valence-electron chi connectivity index (χ2n) is 3.69. The molecule has 0 saturated heterocycles. The van der Waals surface area contributed by atoms with Crippen LogP contribution in [0.2, 0.25) is 5.02 Å². The molecular formula is C11H17ClN2O3. The zero-order chi connectivity index (χ0) is 13.0. The van der Waals surface area contributed by atoms with E-state index in [0.717, 1.165) is 0 Å². The van der Waals surface area contributed by atoms with Crippen LogP contribution < -0.4 is 15.8 Å². The van der Waals surface area contributed by atoms with E-state index in [-0.39, 0.29) is 6.54 Å². The highest BCUT2D eigenvalue weighted by atomic mass is 35.5. The van der Waals surface area contributed by atoms with Crippen LogP contribution in [0.5, 0.6) is 5.75 Å². The van der Waals surface area contributed by atoms with Crippen LogP contribution in [0.15, 0.2) is 12.1 Å². The molecule has 1 aromatic rings. The topological polar surface area (TPSA) is 87.7 Å². The van der Waals surface area contributed by atoms with Gasteiger partial charge in [-0.2, -0.15) is 0 Å². The maximum absolute atomic E-state index is 9.94. The van der Waals surface area contributed by atoms with Crippen LogP contribution in [0, 0.1) is 0 Å². The van der Waals surface area contributed by atoms with Crippen molar-refractivity contribution >= 4 is 17.3 Å². The van der Waals surface area contributed by atoms with Gasteiger partial charge in [0, 0.05) is 17.1 Å². The molecule has 96 valence electrons. The summed E-state index contributed by atoms with van der Waals surface area (Å²) in [4.78, 5) is 0. The number of aliphatic hydroxyl groups excluding tert-OH is 2. The Morgan fingerprint density at radius 2 is 2.12 bits per heavy atom. The number of likely N-dealkylation sites (N-methyl/N-ethyl adjacent to an activating group) is 1. The molecule has 0 aliphatic heterocycles. The molecule has 0 aliphatic rings. The van der Waals surface area contributed by atoms with Gasteiger partial charge in [-0.05, 0) is 19.2 Å². The summed E-state index contributed by atoms with van der Waals surface area (Å²) in [6, 6.07) is 3.02. The second-order valence-corrected chi connectivity index (χ2v) is 4.09. The van der Waals surface area contributed by atoms with Crippen LogP contribution >= 0.6 is 11.6 Å². The standard InChI is InChI=1S/C11H17ClN2O3/c1-14-5-9(15)11(16)6-3-10(17-2)8(13)4-7(6)12/h3-4,9,11,14-16H,5,13H2,1-2H3. The lowest BCUT2D eigenvalue weighted by Crippen LogP contribution is -2.29. The van der Waals surface area contributed by atoms with Gasteiger partial charge >= 0.3 is 0 Å². The lowest BCUT2D eigenvalue weighted by Gasteiger charge is -2.20. The molecule has 2 atom stereocenters. The molecule has 5 nitrogen and oxygen atoms in total. The number of nitrogen functional groups attached to an aromatic ring is 1. The Labute approximate surface area is 105 Å². The molecule has 0 saturated carbocycles. The minimum absolute atomic E-state index is 0.254. The third kappa shape index (κ3) is 3.23. The van der Waals surface area contributed by atoms with Crippen molar-refractivity contribution in [3.05, 3.63) is 22.7 Å². The van der Waals surface area contributed by atoms with Crippen molar-refractivity contribution in [2.45, 2.75) is 12.2 Å². The first kappa shape index (κ1) is 14.1. The van der Waals surface area contributed by atoms with E-state index in [9.17, 15) is 10.2 Å². The average Bonchev–Trinajstić information content (AvgIpc) is 2.29. The van der Waals surface area contributed by atoms with Crippen LogP contribution in [-0.4, -0.2) is 37.0 Å². The predicted molar refractivity (Wildman–Crippen MR) is 67.3 cm³/mol. The molecule has 0 spiro atoms. The number of hydrogen-bond donors (Lipinski definition) is 4. The zero-order valence-corrected chi connectivity index (χ0v) is 10.5. The number of nitrogens with two attached hydrogens (primary N) is 1. The Morgan fingerprint density at radius 1 is 1.47 bits per heavy atom. The summed E-state index contributed by atoms with van der Waals surface area (Å²) >= 11 is 5.97. The lowest BCUT2D eigenvalue weighted by molar-refractivity contribution is 0.0202. The monoisotopic (exact) mass is 260 g/mol. The number of aliphatic hydroxyl groups is 2. The summed E-state index contributed by atoms with van der Waals surface area (Å²) in [5.41, 5.74) is 6.44. The Bertz CT molecular complexity index is 387. The summed E-state index contributed by atoms with van der Waals surface area (Å²) in [5.74, 6) is 0.417. The third-order valence-electron chi connectivity index (χ3n) is 2.45. The fourth-order valence-electron chi connectivity index (χ4n) is 1.52. The summed E-state index contributed by atoms with van der Waals surface area (Å²) in [5, 5.41) is 22.7. The average molecular weight is 261 g/mol. The molecule has 0 radical (unpaired) electrons. The zero-order valence-electron chi connectivity index (χ0n) is 9.77. The Balaban J connectivity index is 3.04. The third-order valence-corrected chi connectivity index (χ3v) is 2.77. The molecule has 2 unspecified atom stereocenters. The van der Waals surface area contributed by atoms with Crippen molar-refractivity contribution in [3.8, 4) is 5.75 Å². The van der Waals surface area contributed by atoms with Gasteiger partial charge in [0.05, 0.1) is 18.9 Å². The molecular weight excluding hydrogens is 244 g/mol. The normalized spacial score (nSPS) is 14.4. The van der Waals surface area contributed by atoms with Gasteiger partial charge in [0.15, 0.2) is 0 Å².